The molecule has 1 aromatic rings. The van der Waals surface area contributed by atoms with Crippen molar-refractivity contribution in [2.24, 2.45) is 5.41 Å². The Kier molecular flexibility index (Phi) is 3.12. The van der Waals surface area contributed by atoms with Gasteiger partial charge in [0.2, 0.25) is 0 Å². The molecule has 2 aliphatic rings. The molecule has 1 saturated heterocycles. The van der Waals surface area contributed by atoms with Crippen LogP contribution >= 0.6 is 22.6 Å². The molecule has 1 heterocycles. The van der Waals surface area contributed by atoms with Crippen LogP contribution in [-0.4, -0.2) is 18.9 Å². The molecule has 1 aliphatic carbocycles. The zero-order chi connectivity index (χ0) is 12.8. The van der Waals surface area contributed by atoms with Crippen molar-refractivity contribution >= 4 is 34.1 Å². The molecule has 0 aromatic heterocycles. The smallest absolute Gasteiger partial charge is 0.161 e. The summed E-state index contributed by atoms with van der Waals surface area (Å²) < 4.78 is 1.21. The standard InChI is InChI=1S/C15H18INO/c1-11(18)13-3-2-12(16)10-14(13)17-8-6-15(4-5-15)7-9-17/h2-3,10H,4-9H2,1H3. The number of carbonyl (C=O) groups is 1. The first-order valence-corrected chi connectivity index (χ1v) is 7.73. The largest absolute Gasteiger partial charge is 0.371 e. The van der Waals surface area contributed by atoms with E-state index in [1.54, 1.807) is 6.92 Å². The van der Waals surface area contributed by atoms with E-state index < -0.39 is 0 Å². The maximum absolute atomic E-state index is 11.7. The molecular weight excluding hydrogens is 337 g/mol. The lowest BCUT2D eigenvalue weighted by Crippen LogP contribution is -2.35. The topological polar surface area (TPSA) is 20.3 Å². The second kappa shape index (κ2) is 4.51. The SMILES string of the molecule is CC(=O)c1ccc(I)cc1N1CCC2(CC1)CC2. The first-order valence-electron chi connectivity index (χ1n) is 6.65. The molecule has 0 atom stereocenters. The molecule has 0 unspecified atom stereocenters. The van der Waals surface area contributed by atoms with Gasteiger partial charge in [-0.05, 0) is 78.8 Å². The average molecular weight is 355 g/mol. The van der Waals surface area contributed by atoms with Crippen LogP contribution in [0, 0.1) is 8.99 Å². The number of hydrogen-bond donors (Lipinski definition) is 0. The van der Waals surface area contributed by atoms with Crippen molar-refractivity contribution in [2.75, 3.05) is 18.0 Å². The Labute approximate surface area is 122 Å². The Morgan fingerprint density at radius 3 is 2.44 bits per heavy atom. The monoisotopic (exact) mass is 355 g/mol. The number of carbonyl (C=O) groups excluding carboxylic acids is 1. The molecule has 1 spiro atoms. The second-order valence-corrected chi connectivity index (χ2v) is 6.95. The molecule has 0 N–H and O–H groups in total. The van der Waals surface area contributed by atoms with E-state index in [2.05, 4.69) is 33.6 Å². The summed E-state index contributed by atoms with van der Waals surface area (Å²) in [6, 6.07) is 6.15. The summed E-state index contributed by atoms with van der Waals surface area (Å²) in [5.41, 5.74) is 2.71. The molecule has 2 fully saturated rings. The van der Waals surface area contributed by atoms with E-state index in [1.807, 2.05) is 12.1 Å². The van der Waals surface area contributed by atoms with Crippen molar-refractivity contribution in [1.82, 2.24) is 0 Å². The summed E-state index contributed by atoms with van der Waals surface area (Å²) in [6.07, 6.45) is 5.45. The van der Waals surface area contributed by atoms with Gasteiger partial charge in [0, 0.05) is 27.9 Å². The summed E-state index contributed by atoms with van der Waals surface area (Å²) in [7, 11) is 0. The summed E-state index contributed by atoms with van der Waals surface area (Å²) in [6.45, 7) is 3.89. The van der Waals surface area contributed by atoms with E-state index in [0.717, 1.165) is 24.3 Å². The van der Waals surface area contributed by atoms with Gasteiger partial charge in [-0.25, -0.2) is 0 Å². The molecule has 1 aliphatic heterocycles. The van der Waals surface area contributed by atoms with Crippen molar-refractivity contribution in [1.29, 1.82) is 0 Å². The minimum absolute atomic E-state index is 0.174. The number of halogens is 1. The molecule has 1 aromatic carbocycles. The molecule has 0 amide bonds. The maximum atomic E-state index is 11.7. The zero-order valence-electron chi connectivity index (χ0n) is 10.7. The number of rotatable bonds is 2. The van der Waals surface area contributed by atoms with Gasteiger partial charge in [-0.3, -0.25) is 4.79 Å². The van der Waals surface area contributed by atoms with Gasteiger partial charge >= 0.3 is 0 Å². The molecule has 96 valence electrons. The number of piperidine rings is 1. The minimum atomic E-state index is 0.174. The van der Waals surface area contributed by atoms with Crippen LogP contribution in [-0.2, 0) is 0 Å². The quantitative estimate of drug-likeness (QED) is 0.593. The van der Waals surface area contributed by atoms with Gasteiger partial charge in [-0.15, -0.1) is 0 Å². The number of nitrogens with zero attached hydrogens (tertiary/aromatic N) is 1. The highest BCUT2D eigenvalue weighted by Gasteiger charge is 2.44. The van der Waals surface area contributed by atoms with Gasteiger partial charge in [0.1, 0.15) is 0 Å². The zero-order valence-corrected chi connectivity index (χ0v) is 12.9. The fraction of sp³-hybridized carbons (Fsp3) is 0.533. The molecule has 3 rings (SSSR count). The van der Waals surface area contributed by atoms with Crippen LogP contribution in [0.3, 0.4) is 0 Å². The van der Waals surface area contributed by atoms with Gasteiger partial charge in [-0.1, -0.05) is 0 Å². The van der Waals surface area contributed by atoms with Crippen LogP contribution in [0.4, 0.5) is 5.69 Å². The fourth-order valence-electron chi connectivity index (χ4n) is 2.96. The summed E-state index contributed by atoms with van der Waals surface area (Å²) in [5, 5.41) is 0. The van der Waals surface area contributed by atoms with E-state index in [1.165, 1.54) is 29.3 Å². The Bertz CT molecular complexity index is 483. The van der Waals surface area contributed by atoms with Crippen LogP contribution in [0.25, 0.3) is 0 Å². The number of hydrogen-bond acceptors (Lipinski definition) is 2. The average Bonchev–Trinajstić information content (AvgIpc) is 3.09. The predicted octanol–water partition coefficient (Wildman–Crippen LogP) is 3.87. The van der Waals surface area contributed by atoms with Crippen LogP contribution in [0.15, 0.2) is 18.2 Å². The Morgan fingerprint density at radius 1 is 1.22 bits per heavy atom. The molecular formula is C15H18INO. The molecule has 0 radical (unpaired) electrons. The van der Waals surface area contributed by atoms with E-state index in [0.29, 0.717) is 5.41 Å². The van der Waals surface area contributed by atoms with Crippen molar-refractivity contribution in [3.8, 4) is 0 Å². The lowest BCUT2D eigenvalue weighted by Gasteiger charge is -2.34. The third kappa shape index (κ3) is 2.29. The van der Waals surface area contributed by atoms with Crippen molar-refractivity contribution in [2.45, 2.75) is 32.6 Å². The van der Waals surface area contributed by atoms with Gasteiger partial charge in [0.25, 0.3) is 0 Å². The number of ketones is 1. The maximum Gasteiger partial charge on any atom is 0.161 e. The third-order valence-electron chi connectivity index (χ3n) is 4.46. The number of Topliss-reactive ketones (excluding diaryl/α,β-unsaturated/α-hetero) is 1. The van der Waals surface area contributed by atoms with E-state index in [4.69, 9.17) is 0 Å². The van der Waals surface area contributed by atoms with Crippen LogP contribution < -0.4 is 4.90 Å². The van der Waals surface area contributed by atoms with E-state index in [-0.39, 0.29) is 5.78 Å². The van der Waals surface area contributed by atoms with Crippen molar-refractivity contribution in [3.63, 3.8) is 0 Å². The van der Waals surface area contributed by atoms with Crippen molar-refractivity contribution < 1.29 is 4.79 Å². The highest BCUT2D eigenvalue weighted by atomic mass is 127. The van der Waals surface area contributed by atoms with Crippen molar-refractivity contribution in [3.05, 3.63) is 27.3 Å². The van der Waals surface area contributed by atoms with Gasteiger partial charge in [-0.2, -0.15) is 0 Å². The third-order valence-corrected chi connectivity index (χ3v) is 5.13. The predicted molar refractivity (Wildman–Crippen MR) is 82.3 cm³/mol. The van der Waals surface area contributed by atoms with Gasteiger partial charge < -0.3 is 4.90 Å². The second-order valence-electron chi connectivity index (χ2n) is 5.70. The summed E-state index contributed by atoms with van der Waals surface area (Å²) >= 11 is 2.32. The Balaban J connectivity index is 1.86. The first-order chi connectivity index (χ1) is 8.60. The molecule has 0 bridgehead atoms. The van der Waals surface area contributed by atoms with Crippen LogP contribution in [0.5, 0.6) is 0 Å². The highest BCUT2D eigenvalue weighted by molar-refractivity contribution is 14.1. The summed E-state index contributed by atoms with van der Waals surface area (Å²) in [4.78, 5) is 14.1. The molecule has 2 nitrogen and oxygen atoms in total. The fourth-order valence-corrected chi connectivity index (χ4v) is 3.44. The molecule has 3 heteroatoms. The Hall–Kier alpha value is -0.580. The Morgan fingerprint density at radius 2 is 1.89 bits per heavy atom. The summed E-state index contributed by atoms with van der Waals surface area (Å²) in [5.74, 6) is 0.174. The highest BCUT2D eigenvalue weighted by Crippen LogP contribution is 2.54. The van der Waals surface area contributed by atoms with Gasteiger partial charge in [0.05, 0.1) is 0 Å². The van der Waals surface area contributed by atoms with Crippen LogP contribution in [0.1, 0.15) is 43.0 Å². The first kappa shape index (κ1) is 12.5. The lowest BCUT2D eigenvalue weighted by atomic mass is 9.93. The number of anilines is 1. The number of benzene rings is 1. The normalized spacial score (nSPS) is 21.1. The molecule has 18 heavy (non-hydrogen) atoms. The van der Waals surface area contributed by atoms with Gasteiger partial charge in [0.15, 0.2) is 5.78 Å². The van der Waals surface area contributed by atoms with E-state index in [9.17, 15) is 4.79 Å². The molecule has 1 saturated carbocycles. The van der Waals surface area contributed by atoms with E-state index >= 15 is 0 Å². The van der Waals surface area contributed by atoms with Crippen LogP contribution in [0.2, 0.25) is 0 Å². The minimum Gasteiger partial charge on any atom is -0.371 e. The lowest BCUT2D eigenvalue weighted by molar-refractivity contribution is 0.101.